The van der Waals surface area contributed by atoms with Crippen LogP contribution in [0.2, 0.25) is 5.31 Å². The average Bonchev–Trinajstić information content (AvgIpc) is 2.89. The molecule has 19 heavy (non-hydrogen) atoms. The summed E-state index contributed by atoms with van der Waals surface area (Å²) in [7, 11) is 1.12. The molecule has 0 N–H and O–H groups in total. The molecule has 1 aromatic rings. The zero-order chi connectivity index (χ0) is 14.0. The normalized spacial score (nSPS) is 14.3. The molecule has 0 saturated carbocycles. The molecule has 0 bridgehead atoms. The lowest BCUT2D eigenvalue weighted by Crippen LogP contribution is -2.27. The summed E-state index contributed by atoms with van der Waals surface area (Å²) in [4.78, 5) is 0. The highest BCUT2D eigenvalue weighted by molar-refractivity contribution is 6.56. The molecular formula is C16H30BNO. The van der Waals surface area contributed by atoms with Crippen LogP contribution in [0.25, 0.3) is 0 Å². The Morgan fingerprint density at radius 3 is 2.37 bits per heavy atom. The minimum Gasteiger partial charge on any atom is -0.365 e. The van der Waals surface area contributed by atoms with Crippen LogP contribution >= 0.6 is 0 Å². The minimum absolute atomic E-state index is 0.424. The molecular weight excluding hydrogens is 233 g/mol. The van der Waals surface area contributed by atoms with Gasteiger partial charge in [-0.25, -0.2) is 0 Å². The predicted molar refractivity (Wildman–Crippen MR) is 84.6 cm³/mol. The maximum Gasteiger partial charge on any atom is 0.170 e. The first kappa shape index (κ1) is 16.3. The Bertz CT molecular complexity index is 313. The van der Waals surface area contributed by atoms with Crippen LogP contribution in [-0.4, -0.2) is 12.4 Å². The summed E-state index contributed by atoms with van der Waals surface area (Å²) >= 11 is 0. The second-order valence-corrected chi connectivity index (χ2v) is 6.29. The van der Waals surface area contributed by atoms with Crippen LogP contribution in [-0.2, 0) is 0 Å². The lowest BCUT2D eigenvalue weighted by molar-refractivity contribution is 0.420. The second kappa shape index (κ2) is 9.22. The Hall–Kier alpha value is -0.725. The van der Waals surface area contributed by atoms with Gasteiger partial charge in [-0.1, -0.05) is 89.0 Å². The van der Waals surface area contributed by atoms with Gasteiger partial charge in [0.15, 0.2) is 7.28 Å². The Labute approximate surface area is 119 Å². The molecule has 1 heterocycles. The van der Waals surface area contributed by atoms with Gasteiger partial charge in [-0.15, -0.1) is 0 Å². The van der Waals surface area contributed by atoms with Crippen molar-refractivity contribution >= 4 is 12.7 Å². The van der Waals surface area contributed by atoms with Crippen molar-refractivity contribution in [3.05, 3.63) is 12.5 Å². The van der Waals surface area contributed by atoms with Gasteiger partial charge in [0.1, 0.15) is 6.26 Å². The number of rotatable bonds is 11. The van der Waals surface area contributed by atoms with Crippen molar-refractivity contribution in [3.63, 3.8) is 0 Å². The van der Waals surface area contributed by atoms with E-state index in [1.54, 1.807) is 6.26 Å². The van der Waals surface area contributed by atoms with Crippen LogP contribution in [0.5, 0.6) is 0 Å². The van der Waals surface area contributed by atoms with Gasteiger partial charge < -0.3 is 4.52 Å². The van der Waals surface area contributed by atoms with E-state index in [0.717, 1.165) is 7.28 Å². The highest BCUT2D eigenvalue weighted by Gasteiger charge is 2.25. The van der Waals surface area contributed by atoms with Crippen molar-refractivity contribution in [3.8, 4) is 0 Å². The predicted octanol–water partition coefficient (Wildman–Crippen LogP) is 4.47. The molecule has 1 atom stereocenters. The summed E-state index contributed by atoms with van der Waals surface area (Å²) < 4.78 is 4.97. The fourth-order valence-electron chi connectivity index (χ4n) is 2.87. The van der Waals surface area contributed by atoms with Gasteiger partial charge in [0.2, 0.25) is 0 Å². The van der Waals surface area contributed by atoms with Crippen LogP contribution in [0.3, 0.4) is 0 Å². The zero-order valence-electron chi connectivity index (χ0n) is 13.1. The van der Waals surface area contributed by atoms with Crippen LogP contribution in [0, 0.1) is 0 Å². The number of aromatic nitrogens is 1. The molecule has 0 fully saturated rings. The first-order valence-corrected chi connectivity index (χ1v) is 8.08. The van der Waals surface area contributed by atoms with E-state index in [9.17, 15) is 0 Å². The molecule has 3 heteroatoms. The molecule has 0 amide bonds. The van der Waals surface area contributed by atoms with E-state index >= 15 is 0 Å². The van der Waals surface area contributed by atoms with Gasteiger partial charge in [-0.2, -0.15) is 0 Å². The molecule has 0 aliphatic carbocycles. The number of hydrogen-bond acceptors (Lipinski definition) is 2. The molecule has 0 aliphatic rings. The molecule has 0 spiro atoms. The van der Waals surface area contributed by atoms with Crippen molar-refractivity contribution in [1.82, 2.24) is 5.16 Å². The third kappa shape index (κ3) is 6.84. The summed E-state index contributed by atoms with van der Waals surface area (Å²) in [6.07, 6.45) is 15.8. The lowest BCUT2D eigenvalue weighted by atomic mass is 9.47. The lowest BCUT2D eigenvalue weighted by Gasteiger charge is -2.28. The van der Waals surface area contributed by atoms with Crippen LogP contribution < -0.4 is 5.46 Å². The SMILES string of the molecule is CCCCCCCC(C)(Bc1cnoc1)CCCC. The van der Waals surface area contributed by atoms with Crippen molar-refractivity contribution in [2.45, 2.75) is 83.9 Å². The Morgan fingerprint density at radius 1 is 1.05 bits per heavy atom. The van der Waals surface area contributed by atoms with Gasteiger partial charge >= 0.3 is 0 Å². The van der Waals surface area contributed by atoms with Crippen molar-refractivity contribution < 1.29 is 4.52 Å². The van der Waals surface area contributed by atoms with E-state index in [1.165, 1.54) is 63.3 Å². The molecule has 0 radical (unpaired) electrons. The van der Waals surface area contributed by atoms with E-state index in [0.29, 0.717) is 5.31 Å². The van der Waals surface area contributed by atoms with E-state index in [-0.39, 0.29) is 0 Å². The molecule has 1 rings (SSSR count). The molecule has 0 aliphatic heterocycles. The Morgan fingerprint density at radius 2 is 1.74 bits per heavy atom. The summed E-state index contributed by atoms with van der Waals surface area (Å²) in [6, 6.07) is 0. The van der Waals surface area contributed by atoms with Crippen molar-refractivity contribution in [1.29, 1.82) is 0 Å². The summed E-state index contributed by atoms with van der Waals surface area (Å²) in [6.45, 7) is 6.99. The molecule has 1 aromatic heterocycles. The number of nitrogens with zero attached hydrogens (tertiary/aromatic N) is 1. The summed E-state index contributed by atoms with van der Waals surface area (Å²) in [5.41, 5.74) is 1.26. The molecule has 0 saturated heterocycles. The fourth-order valence-corrected chi connectivity index (χ4v) is 2.87. The quantitative estimate of drug-likeness (QED) is 0.435. The fraction of sp³-hybridized carbons (Fsp3) is 0.812. The highest BCUT2D eigenvalue weighted by atomic mass is 16.5. The maximum atomic E-state index is 4.97. The second-order valence-electron chi connectivity index (χ2n) is 6.29. The van der Waals surface area contributed by atoms with Gasteiger partial charge in [-0.05, 0) is 5.46 Å². The van der Waals surface area contributed by atoms with Crippen LogP contribution in [0.15, 0.2) is 17.0 Å². The van der Waals surface area contributed by atoms with E-state index < -0.39 is 0 Å². The smallest absolute Gasteiger partial charge is 0.170 e. The third-order valence-electron chi connectivity index (χ3n) is 4.13. The van der Waals surface area contributed by atoms with Crippen molar-refractivity contribution in [2.75, 3.05) is 0 Å². The number of unbranched alkanes of at least 4 members (excludes halogenated alkanes) is 5. The molecule has 108 valence electrons. The average molecular weight is 263 g/mol. The van der Waals surface area contributed by atoms with Gasteiger partial charge in [0.05, 0.1) is 6.20 Å². The molecule has 1 unspecified atom stereocenters. The van der Waals surface area contributed by atoms with Crippen molar-refractivity contribution in [2.24, 2.45) is 0 Å². The zero-order valence-corrected chi connectivity index (χ0v) is 13.1. The largest absolute Gasteiger partial charge is 0.365 e. The van der Waals surface area contributed by atoms with Crippen LogP contribution in [0.4, 0.5) is 0 Å². The van der Waals surface area contributed by atoms with E-state index in [4.69, 9.17) is 4.52 Å². The monoisotopic (exact) mass is 263 g/mol. The minimum atomic E-state index is 0.424. The Balaban J connectivity index is 2.40. The topological polar surface area (TPSA) is 26.0 Å². The van der Waals surface area contributed by atoms with Gasteiger partial charge in [-0.3, -0.25) is 0 Å². The first-order chi connectivity index (χ1) is 9.20. The van der Waals surface area contributed by atoms with Gasteiger partial charge in [0.25, 0.3) is 0 Å². The Kier molecular flexibility index (Phi) is 7.93. The molecule has 2 nitrogen and oxygen atoms in total. The highest BCUT2D eigenvalue weighted by Crippen LogP contribution is 2.37. The van der Waals surface area contributed by atoms with E-state index in [1.807, 2.05) is 6.20 Å². The standard InChI is InChI=1S/C16H30BNO/c1-4-6-8-9-10-12-16(3,11-7-5-2)17-15-13-18-19-14-15/h13-14,17H,4-12H2,1-3H3. The van der Waals surface area contributed by atoms with Gasteiger partial charge in [0, 0.05) is 0 Å². The summed E-state index contributed by atoms with van der Waals surface area (Å²) in [5.74, 6) is 0. The first-order valence-electron chi connectivity index (χ1n) is 8.08. The summed E-state index contributed by atoms with van der Waals surface area (Å²) in [5, 5.41) is 4.26. The number of hydrogen-bond donors (Lipinski definition) is 0. The third-order valence-corrected chi connectivity index (χ3v) is 4.13. The maximum absolute atomic E-state index is 4.97. The molecule has 0 aromatic carbocycles. The van der Waals surface area contributed by atoms with Crippen LogP contribution in [0.1, 0.15) is 78.6 Å². The van der Waals surface area contributed by atoms with E-state index in [2.05, 4.69) is 25.9 Å².